The molecule has 2 aromatic rings. The highest BCUT2D eigenvalue weighted by molar-refractivity contribution is 5.93. The van der Waals surface area contributed by atoms with E-state index in [1.54, 1.807) is 6.07 Å². The van der Waals surface area contributed by atoms with E-state index in [2.05, 4.69) is 0 Å². The van der Waals surface area contributed by atoms with Gasteiger partial charge in [0.2, 0.25) is 0 Å². The van der Waals surface area contributed by atoms with Gasteiger partial charge in [0.15, 0.2) is 0 Å². The summed E-state index contributed by atoms with van der Waals surface area (Å²) in [6, 6.07) is 8.00. The van der Waals surface area contributed by atoms with Gasteiger partial charge in [-0.3, -0.25) is 4.79 Å². The molecule has 0 aliphatic rings. The Balaban J connectivity index is 2.48. The van der Waals surface area contributed by atoms with Crippen molar-refractivity contribution in [3.8, 4) is 16.9 Å². The SMILES string of the molecule is COc1ccc(-c2ccc(C(N)=O)c(F)c2)c(F)c1. The lowest BCUT2D eigenvalue weighted by molar-refractivity contribution is 0.0996. The van der Waals surface area contributed by atoms with Crippen LogP contribution in [0.2, 0.25) is 0 Å². The molecule has 1 amide bonds. The molecule has 0 spiro atoms. The lowest BCUT2D eigenvalue weighted by Gasteiger charge is -2.07. The van der Waals surface area contributed by atoms with E-state index in [9.17, 15) is 13.6 Å². The molecule has 0 saturated heterocycles. The zero-order chi connectivity index (χ0) is 14.0. The molecule has 0 aliphatic carbocycles. The first kappa shape index (κ1) is 13.0. The van der Waals surface area contributed by atoms with Crippen LogP contribution in [0.25, 0.3) is 11.1 Å². The Morgan fingerprint density at radius 2 is 1.84 bits per heavy atom. The van der Waals surface area contributed by atoms with Gasteiger partial charge in [-0.15, -0.1) is 0 Å². The molecule has 19 heavy (non-hydrogen) atoms. The van der Waals surface area contributed by atoms with Gasteiger partial charge in [0, 0.05) is 11.6 Å². The lowest BCUT2D eigenvalue weighted by Crippen LogP contribution is -2.12. The van der Waals surface area contributed by atoms with Crippen LogP contribution in [0.1, 0.15) is 10.4 Å². The molecule has 0 bridgehead atoms. The summed E-state index contributed by atoms with van der Waals surface area (Å²) in [6.07, 6.45) is 0. The van der Waals surface area contributed by atoms with Crippen LogP contribution in [-0.2, 0) is 0 Å². The Hall–Kier alpha value is -2.43. The van der Waals surface area contributed by atoms with Crippen molar-refractivity contribution in [3.05, 3.63) is 53.6 Å². The number of halogens is 2. The number of hydrogen-bond donors (Lipinski definition) is 1. The highest BCUT2D eigenvalue weighted by Crippen LogP contribution is 2.27. The molecule has 2 rings (SSSR count). The molecule has 0 unspecified atom stereocenters. The average Bonchev–Trinajstić information content (AvgIpc) is 2.37. The van der Waals surface area contributed by atoms with Crippen molar-refractivity contribution >= 4 is 5.91 Å². The zero-order valence-corrected chi connectivity index (χ0v) is 10.1. The molecule has 2 N–H and O–H groups in total. The number of primary amides is 1. The van der Waals surface area contributed by atoms with Gasteiger partial charge in [0.25, 0.3) is 5.91 Å². The highest BCUT2D eigenvalue weighted by atomic mass is 19.1. The van der Waals surface area contributed by atoms with Crippen molar-refractivity contribution in [2.75, 3.05) is 7.11 Å². The Bertz CT molecular complexity index is 641. The predicted octanol–water partition coefficient (Wildman–Crippen LogP) is 2.74. The van der Waals surface area contributed by atoms with E-state index in [1.165, 1.54) is 31.4 Å². The fourth-order valence-corrected chi connectivity index (χ4v) is 1.74. The molecular weight excluding hydrogens is 252 g/mol. The third-order valence-electron chi connectivity index (χ3n) is 2.72. The summed E-state index contributed by atoms with van der Waals surface area (Å²) in [4.78, 5) is 10.9. The van der Waals surface area contributed by atoms with Gasteiger partial charge in [0.05, 0.1) is 12.7 Å². The minimum absolute atomic E-state index is 0.218. The molecule has 2 aromatic carbocycles. The second-order valence-corrected chi connectivity index (χ2v) is 3.90. The Kier molecular flexibility index (Phi) is 3.46. The number of ether oxygens (including phenoxy) is 1. The maximum atomic E-state index is 13.8. The van der Waals surface area contributed by atoms with Gasteiger partial charge in [0.1, 0.15) is 17.4 Å². The molecule has 5 heteroatoms. The van der Waals surface area contributed by atoms with Gasteiger partial charge in [-0.25, -0.2) is 8.78 Å². The van der Waals surface area contributed by atoms with Gasteiger partial charge in [-0.2, -0.15) is 0 Å². The van der Waals surface area contributed by atoms with E-state index >= 15 is 0 Å². The molecule has 0 aromatic heterocycles. The number of methoxy groups -OCH3 is 1. The van der Waals surface area contributed by atoms with E-state index in [0.717, 1.165) is 6.07 Å². The maximum Gasteiger partial charge on any atom is 0.251 e. The number of nitrogens with two attached hydrogens (primary N) is 1. The van der Waals surface area contributed by atoms with Gasteiger partial charge >= 0.3 is 0 Å². The standard InChI is InChI=1S/C14H11F2NO2/c1-19-9-3-5-10(13(16)7-9)8-2-4-11(14(17)18)12(15)6-8/h2-7H,1H3,(H2,17,18). The van der Waals surface area contributed by atoms with E-state index < -0.39 is 17.5 Å². The van der Waals surface area contributed by atoms with Crippen molar-refractivity contribution in [1.82, 2.24) is 0 Å². The van der Waals surface area contributed by atoms with Crippen molar-refractivity contribution in [1.29, 1.82) is 0 Å². The Morgan fingerprint density at radius 3 is 2.37 bits per heavy atom. The molecule has 0 saturated carbocycles. The van der Waals surface area contributed by atoms with Crippen LogP contribution in [0.4, 0.5) is 8.78 Å². The third kappa shape index (κ3) is 2.54. The fraction of sp³-hybridized carbons (Fsp3) is 0.0714. The number of carbonyl (C=O) groups excluding carboxylic acids is 1. The molecule has 3 nitrogen and oxygen atoms in total. The summed E-state index contributed by atoms with van der Waals surface area (Å²) in [5, 5.41) is 0. The first-order chi connectivity index (χ1) is 9.02. The van der Waals surface area contributed by atoms with Crippen LogP contribution in [0.15, 0.2) is 36.4 Å². The molecule has 0 heterocycles. The summed E-state index contributed by atoms with van der Waals surface area (Å²) in [6.45, 7) is 0. The van der Waals surface area contributed by atoms with Crippen LogP contribution < -0.4 is 10.5 Å². The Morgan fingerprint density at radius 1 is 1.11 bits per heavy atom. The average molecular weight is 263 g/mol. The topological polar surface area (TPSA) is 52.3 Å². The summed E-state index contributed by atoms with van der Waals surface area (Å²) < 4.78 is 32.3. The van der Waals surface area contributed by atoms with Gasteiger partial charge < -0.3 is 10.5 Å². The number of amides is 1. The Labute approximate surface area is 108 Å². The fourth-order valence-electron chi connectivity index (χ4n) is 1.74. The van der Waals surface area contributed by atoms with Crippen LogP contribution in [-0.4, -0.2) is 13.0 Å². The van der Waals surface area contributed by atoms with Crippen LogP contribution in [0.5, 0.6) is 5.75 Å². The smallest absolute Gasteiger partial charge is 0.251 e. The van der Waals surface area contributed by atoms with E-state index in [-0.39, 0.29) is 11.1 Å². The normalized spacial score (nSPS) is 10.3. The van der Waals surface area contributed by atoms with Crippen molar-refractivity contribution in [2.24, 2.45) is 5.73 Å². The first-order valence-corrected chi connectivity index (χ1v) is 5.46. The molecule has 0 fully saturated rings. The van der Waals surface area contributed by atoms with Crippen molar-refractivity contribution < 1.29 is 18.3 Å². The summed E-state index contributed by atoms with van der Waals surface area (Å²) in [7, 11) is 1.43. The van der Waals surface area contributed by atoms with Crippen molar-refractivity contribution in [2.45, 2.75) is 0 Å². The lowest BCUT2D eigenvalue weighted by atomic mass is 10.0. The second kappa shape index (κ2) is 5.06. The van der Waals surface area contributed by atoms with Gasteiger partial charge in [-0.05, 0) is 29.8 Å². The molecule has 0 atom stereocenters. The number of rotatable bonds is 3. The minimum atomic E-state index is -0.862. The largest absolute Gasteiger partial charge is 0.497 e. The number of carbonyl (C=O) groups is 1. The van der Waals surface area contributed by atoms with Crippen LogP contribution >= 0.6 is 0 Å². The zero-order valence-electron chi connectivity index (χ0n) is 10.1. The van der Waals surface area contributed by atoms with E-state index in [0.29, 0.717) is 11.3 Å². The predicted molar refractivity (Wildman–Crippen MR) is 66.9 cm³/mol. The minimum Gasteiger partial charge on any atom is -0.497 e. The monoisotopic (exact) mass is 263 g/mol. The first-order valence-electron chi connectivity index (χ1n) is 5.46. The summed E-state index contributed by atoms with van der Waals surface area (Å²) in [5.74, 6) is -1.81. The molecule has 0 aliphatic heterocycles. The van der Waals surface area contributed by atoms with E-state index in [1.807, 2.05) is 0 Å². The highest BCUT2D eigenvalue weighted by Gasteiger charge is 2.12. The molecular formula is C14H11F2NO2. The summed E-state index contributed by atoms with van der Waals surface area (Å²) in [5.41, 5.74) is 5.32. The van der Waals surface area contributed by atoms with Crippen LogP contribution in [0.3, 0.4) is 0 Å². The second-order valence-electron chi connectivity index (χ2n) is 3.90. The van der Waals surface area contributed by atoms with Crippen molar-refractivity contribution in [3.63, 3.8) is 0 Å². The number of benzene rings is 2. The van der Waals surface area contributed by atoms with E-state index in [4.69, 9.17) is 10.5 Å². The van der Waals surface area contributed by atoms with Crippen LogP contribution in [0, 0.1) is 11.6 Å². The number of hydrogen-bond acceptors (Lipinski definition) is 2. The molecule has 98 valence electrons. The quantitative estimate of drug-likeness (QED) is 0.925. The summed E-state index contributed by atoms with van der Waals surface area (Å²) >= 11 is 0. The maximum absolute atomic E-state index is 13.8. The molecule has 0 radical (unpaired) electrons. The van der Waals surface area contributed by atoms with Gasteiger partial charge in [-0.1, -0.05) is 6.07 Å². The third-order valence-corrected chi connectivity index (χ3v) is 2.72.